The molecule has 0 rings (SSSR count). The van der Waals surface area contributed by atoms with Crippen LogP contribution >= 0.6 is 12.4 Å². The minimum atomic E-state index is 0. The summed E-state index contributed by atoms with van der Waals surface area (Å²) in [5, 5.41) is 0. The fourth-order valence-electron chi connectivity index (χ4n) is 0.144. The molecule has 0 spiro atoms. The van der Waals surface area contributed by atoms with Crippen molar-refractivity contribution in [2.24, 2.45) is 5.92 Å². The van der Waals surface area contributed by atoms with Crippen LogP contribution in [0.1, 0.15) is 20.3 Å². The zero-order valence-electron chi connectivity index (χ0n) is 4.90. The SMILES string of the molecule is CCC(C)C[NH].Cl. The van der Waals surface area contributed by atoms with Gasteiger partial charge in [-0.15, -0.1) is 12.4 Å². The summed E-state index contributed by atoms with van der Waals surface area (Å²) in [5.74, 6) is 0.602. The molecule has 0 heterocycles. The maximum Gasteiger partial charge on any atom is 0.0125 e. The van der Waals surface area contributed by atoms with Crippen molar-refractivity contribution in [3.8, 4) is 0 Å². The minimum absolute atomic E-state index is 0. The van der Waals surface area contributed by atoms with Crippen LogP contribution in [0.15, 0.2) is 0 Å². The van der Waals surface area contributed by atoms with Crippen LogP contribution in [0.25, 0.3) is 0 Å². The smallest absolute Gasteiger partial charge is 0.0125 e. The van der Waals surface area contributed by atoms with Gasteiger partial charge in [-0.2, -0.15) is 0 Å². The van der Waals surface area contributed by atoms with E-state index in [1.807, 2.05) is 0 Å². The molecule has 0 aliphatic carbocycles. The van der Waals surface area contributed by atoms with Gasteiger partial charge < -0.3 is 0 Å². The van der Waals surface area contributed by atoms with Crippen LogP contribution in [0.4, 0.5) is 0 Å². The van der Waals surface area contributed by atoms with Gasteiger partial charge in [0.05, 0.1) is 0 Å². The summed E-state index contributed by atoms with van der Waals surface area (Å²) in [6.45, 7) is 4.78. The Morgan fingerprint density at radius 3 is 2.00 bits per heavy atom. The summed E-state index contributed by atoms with van der Waals surface area (Å²) in [4.78, 5) is 0. The van der Waals surface area contributed by atoms with E-state index in [2.05, 4.69) is 13.8 Å². The Kier molecular flexibility index (Phi) is 9.17. The highest BCUT2D eigenvalue weighted by molar-refractivity contribution is 5.85. The lowest BCUT2D eigenvalue weighted by molar-refractivity contribution is 0.567. The minimum Gasteiger partial charge on any atom is -0.258 e. The first-order valence-electron chi connectivity index (χ1n) is 2.45. The number of hydrogen-bond donors (Lipinski definition) is 0. The molecular weight excluding hydrogens is 110 g/mol. The highest BCUT2D eigenvalue weighted by atomic mass is 35.5. The third-order valence-electron chi connectivity index (χ3n) is 1.05. The number of nitrogens with one attached hydrogen (secondary N) is 1. The van der Waals surface area contributed by atoms with E-state index in [4.69, 9.17) is 5.73 Å². The predicted molar refractivity (Wildman–Crippen MR) is 34.7 cm³/mol. The number of rotatable bonds is 2. The molecule has 0 aromatic heterocycles. The second kappa shape index (κ2) is 6.25. The molecule has 7 heavy (non-hydrogen) atoms. The van der Waals surface area contributed by atoms with Gasteiger partial charge in [-0.05, 0) is 5.92 Å². The van der Waals surface area contributed by atoms with Crippen molar-refractivity contribution in [2.75, 3.05) is 6.54 Å². The Hall–Kier alpha value is 0.250. The zero-order valence-corrected chi connectivity index (χ0v) is 5.72. The molecule has 0 aromatic carbocycles. The highest BCUT2D eigenvalue weighted by Gasteiger charge is 1.89. The normalized spacial score (nSPS) is 12.4. The van der Waals surface area contributed by atoms with Crippen LogP contribution in [0.5, 0.6) is 0 Å². The average molecular weight is 123 g/mol. The van der Waals surface area contributed by atoms with Crippen molar-refractivity contribution < 1.29 is 0 Å². The van der Waals surface area contributed by atoms with Gasteiger partial charge >= 0.3 is 0 Å². The van der Waals surface area contributed by atoms with Crippen LogP contribution < -0.4 is 5.73 Å². The summed E-state index contributed by atoms with van der Waals surface area (Å²) in [5.41, 5.74) is 6.81. The first kappa shape index (κ1) is 10.3. The van der Waals surface area contributed by atoms with Crippen LogP contribution in [-0.4, -0.2) is 6.54 Å². The fraction of sp³-hybridized carbons (Fsp3) is 1.00. The largest absolute Gasteiger partial charge is 0.258 e. The molecule has 1 nitrogen and oxygen atoms in total. The Bertz CT molecular complexity index is 27.3. The molecule has 1 N–H and O–H groups in total. The molecule has 0 fully saturated rings. The Labute approximate surface area is 51.7 Å². The summed E-state index contributed by atoms with van der Waals surface area (Å²) in [7, 11) is 0. The predicted octanol–water partition coefficient (Wildman–Crippen LogP) is 1.74. The second-order valence-electron chi connectivity index (χ2n) is 1.72. The third-order valence-corrected chi connectivity index (χ3v) is 1.05. The Morgan fingerprint density at radius 1 is 1.57 bits per heavy atom. The van der Waals surface area contributed by atoms with E-state index >= 15 is 0 Å². The Balaban J connectivity index is 0. The molecule has 0 aromatic rings. The van der Waals surface area contributed by atoms with E-state index in [-0.39, 0.29) is 12.4 Å². The van der Waals surface area contributed by atoms with Crippen molar-refractivity contribution in [3.05, 3.63) is 0 Å². The summed E-state index contributed by atoms with van der Waals surface area (Å²) in [6, 6.07) is 0. The van der Waals surface area contributed by atoms with Gasteiger partial charge in [0.25, 0.3) is 0 Å². The van der Waals surface area contributed by atoms with Gasteiger partial charge in [-0.3, -0.25) is 5.73 Å². The molecule has 1 unspecified atom stereocenters. The second-order valence-corrected chi connectivity index (χ2v) is 1.72. The van der Waals surface area contributed by atoms with E-state index in [1.54, 1.807) is 0 Å². The van der Waals surface area contributed by atoms with E-state index in [9.17, 15) is 0 Å². The van der Waals surface area contributed by atoms with Crippen LogP contribution in [0.3, 0.4) is 0 Å². The van der Waals surface area contributed by atoms with Gasteiger partial charge in [-0.1, -0.05) is 20.3 Å². The molecule has 0 saturated heterocycles. The molecule has 0 amide bonds. The highest BCUT2D eigenvalue weighted by Crippen LogP contribution is 1.94. The van der Waals surface area contributed by atoms with E-state index in [0.29, 0.717) is 12.5 Å². The molecule has 1 atom stereocenters. The zero-order chi connectivity index (χ0) is 4.99. The molecule has 2 heteroatoms. The molecule has 0 aliphatic heterocycles. The molecule has 0 saturated carbocycles. The van der Waals surface area contributed by atoms with Gasteiger partial charge in [-0.25, -0.2) is 0 Å². The van der Waals surface area contributed by atoms with E-state index in [1.165, 1.54) is 0 Å². The van der Waals surface area contributed by atoms with Gasteiger partial charge in [0.2, 0.25) is 0 Å². The Morgan fingerprint density at radius 2 is 2.00 bits per heavy atom. The maximum absolute atomic E-state index is 6.81. The topological polar surface area (TPSA) is 23.8 Å². The summed E-state index contributed by atoms with van der Waals surface area (Å²) in [6.07, 6.45) is 1.14. The van der Waals surface area contributed by atoms with Crippen molar-refractivity contribution in [1.29, 1.82) is 0 Å². The van der Waals surface area contributed by atoms with E-state index < -0.39 is 0 Å². The van der Waals surface area contributed by atoms with E-state index in [0.717, 1.165) is 6.42 Å². The fourth-order valence-corrected chi connectivity index (χ4v) is 0.144. The van der Waals surface area contributed by atoms with Gasteiger partial charge in [0.1, 0.15) is 0 Å². The van der Waals surface area contributed by atoms with Crippen molar-refractivity contribution >= 4 is 12.4 Å². The standard InChI is InChI=1S/C5H12N.ClH/c1-3-5(2)4-6;/h5-6H,3-4H2,1-2H3;1H. The van der Waals surface area contributed by atoms with Gasteiger partial charge in [0.15, 0.2) is 0 Å². The lowest BCUT2D eigenvalue weighted by atomic mass is 10.1. The van der Waals surface area contributed by atoms with Crippen LogP contribution in [0.2, 0.25) is 0 Å². The first-order chi connectivity index (χ1) is 2.81. The number of halogens is 1. The van der Waals surface area contributed by atoms with Crippen molar-refractivity contribution in [2.45, 2.75) is 20.3 Å². The molecular formula is C5H13ClN. The third kappa shape index (κ3) is 6.25. The number of hydrogen-bond acceptors (Lipinski definition) is 0. The average Bonchev–Trinajstić information content (AvgIpc) is 1.65. The van der Waals surface area contributed by atoms with Crippen LogP contribution in [0, 0.1) is 5.92 Å². The monoisotopic (exact) mass is 122 g/mol. The summed E-state index contributed by atoms with van der Waals surface area (Å²) < 4.78 is 0. The lowest BCUT2D eigenvalue weighted by Crippen LogP contribution is -1.98. The summed E-state index contributed by atoms with van der Waals surface area (Å²) >= 11 is 0. The molecule has 45 valence electrons. The first-order valence-corrected chi connectivity index (χ1v) is 2.45. The van der Waals surface area contributed by atoms with Crippen molar-refractivity contribution in [3.63, 3.8) is 0 Å². The van der Waals surface area contributed by atoms with Gasteiger partial charge in [0, 0.05) is 6.54 Å². The van der Waals surface area contributed by atoms with Crippen molar-refractivity contribution in [1.82, 2.24) is 5.73 Å². The molecule has 1 radical (unpaired) electrons. The van der Waals surface area contributed by atoms with Crippen LogP contribution in [-0.2, 0) is 0 Å². The maximum atomic E-state index is 6.81. The molecule has 0 bridgehead atoms. The lowest BCUT2D eigenvalue weighted by Gasteiger charge is -1.98. The quantitative estimate of drug-likeness (QED) is 0.533. The molecule has 0 aliphatic rings.